The van der Waals surface area contributed by atoms with Gasteiger partial charge in [-0.15, -0.1) is 0 Å². The summed E-state index contributed by atoms with van der Waals surface area (Å²) in [4.78, 5) is 24.9. The highest BCUT2D eigenvalue weighted by atomic mass is 19.4. The molecule has 0 atom stereocenters. The van der Waals surface area contributed by atoms with Crippen molar-refractivity contribution in [2.75, 3.05) is 11.9 Å². The van der Waals surface area contributed by atoms with Gasteiger partial charge in [0.2, 0.25) is 0 Å². The van der Waals surface area contributed by atoms with Gasteiger partial charge in [-0.1, -0.05) is 19.0 Å². The van der Waals surface area contributed by atoms with Crippen molar-refractivity contribution in [2.24, 2.45) is 16.3 Å². The first-order chi connectivity index (χ1) is 17.4. The van der Waals surface area contributed by atoms with Crippen molar-refractivity contribution in [1.29, 1.82) is 0 Å². The number of Topliss-reactive ketones (excluding diaryl/α,β-unsaturated/α-hetero) is 1. The molecule has 1 aromatic carbocycles. The Balaban J connectivity index is 1.66. The van der Waals surface area contributed by atoms with Gasteiger partial charge >= 0.3 is 6.18 Å². The lowest BCUT2D eigenvalue weighted by Crippen LogP contribution is -2.31. The summed E-state index contributed by atoms with van der Waals surface area (Å²) in [6.45, 7) is 3.87. The third-order valence-corrected chi connectivity index (χ3v) is 6.85. The van der Waals surface area contributed by atoms with E-state index in [1.54, 1.807) is 6.07 Å². The van der Waals surface area contributed by atoms with E-state index >= 15 is 0 Å². The molecular formula is C25H30F3N5O4. The highest BCUT2D eigenvalue weighted by Crippen LogP contribution is 2.42. The minimum absolute atomic E-state index is 0.00137. The highest BCUT2D eigenvalue weighted by molar-refractivity contribution is 6.00. The van der Waals surface area contributed by atoms with E-state index in [1.165, 1.54) is 23.0 Å². The fourth-order valence-electron chi connectivity index (χ4n) is 5.16. The zero-order valence-electron chi connectivity index (χ0n) is 20.6. The quantitative estimate of drug-likeness (QED) is 0.282. The Kier molecular flexibility index (Phi) is 7.31. The first-order valence-electron chi connectivity index (χ1n) is 12.1. The number of hydrogen-bond acceptors (Lipinski definition) is 7. The van der Waals surface area contributed by atoms with Crippen LogP contribution < -0.4 is 11.1 Å². The van der Waals surface area contributed by atoms with Crippen LogP contribution in [-0.4, -0.2) is 51.6 Å². The molecule has 1 fully saturated rings. The van der Waals surface area contributed by atoms with E-state index in [0.717, 1.165) is 25.7 Å². The Morgan fingerprint density at radius 1 is 1.30 bits per heavy atom. The van der Waals surface area contributed by atoms with Crippen molar-refractivity contribution in [1.82, 2.24) is 9.78 Å². The largest absolute Gasteiger partial charge is 0.435 e. The molecule has 0 spiro atoms. The SMILES string of the molecule is CC1(C)CC(=O)c2c(C(F)(F)F)nn(-c3ccc(C(N)=O)c(N[C@H]4CC[C@H](OC/C=N/O)CC4)c3)c2C1. The van der Waals surface area contributed by atoms with E-state index in [4.69, 9.17) is 15.7 Å². The van der Waals surface area contributed by atoms with Crippen LogP contribution in [0.2, 0.25) is 0 Å². The molecule has 1 aromatic heterocycles. The van der Waals surface area contributed by atoms with Crippen molar-refractivity contribution in [3.05, 3.63) is 40.7 Å². The number of primary amides is 1. The van der Waals surface area contributed by atoms with E-state index in [0.29, 0.717) is 11.4 Å². The summed E-state index contributed by atoms with van der Waals surface area (Å²) in [5.74, 6) is -1.26. The number of nitrogens with zero attached hydrogens (tertiary/aromatic N) is 3. The first kappa shape index (κ1) is 26.6. The van der Waals surface area contributed by atoms with Crippen LogP contribution in [0.25, 0.3) is 5.69 Å². The highest BCUT2D eigenvalue weighted by Gasteiger charge is 2.45. The summed E-state index contributed by atoms with van der Waals surface area (Å²) in [5, 5.41) is 18.6. The second-order valence-electron chi connectivity index (χ2n) is 10.4. The number of amides is 1. The van der Waals surface area contributed by atoms with Crippen molar-refractivity contribution >= 4 is 23.6 Å². The van der Waals surface area contributed by atoms with Crippen LogP contribution in [0.3, 0.4) is 0 Å². The molecule has 200 valence electrons. The maximum Gasteiger partial charge on any atom is 0.435 e. The van der Waals surface area contributed by atoms with Gasteiger partial charge in [-0.2, -0.15) is 18.3 Å². The summed E-state index contributed by atoms with van der Waals surface area (Å²) in [5.41, 5.74) is 4.57. The Morgan fingerprint density at radius 2 is 2.00 bits per heavy atom. The van der Waals surface area contributed by atoms with E-state index < -0.39 is 29.0 Å². The molecule has 1 amide bonds. The smallest absolute Gasteiger partial charge is 0.411 e. The van der Waals surface area contributed by atoms with Gasteiger partial charge < -0.3 is 21.0 Å². The minimum Gasteiger partial charge on any atom is -0.411 e. The fraction of sp³-hybridized carbons (Fsp3) is 0.520. The second-order valence-corrected chi connectivity index (χ2v) is 10.4. The minimum atomic E-state index is -4.79. The molecular weight excluding hydrogens is 491 g/mol. The Labute approximate surface area is 211 Å². The molecule has 0 bridgehead atoms. The molecule has 2 aliphatic rings. The summed E-state index contributed by atoms with van der Waals surface area (Å²) in [6.07, 6.45) is -0.350. The number of nitrogens with two attached hydrogens (primary N) is 1. The number of rotatable bonds is 7. The second kappa shape index (κ2) is 10.2. The van der Waals surface area contributed by atoms with Gasteiger partial charge in [0.1, 0.15) is 0 Å². The van der Waals surface area contributed by atoms with Gasteiger partial charge in [-0.3, -0.25) is 9.59 Å². The number of carbonyl (C=O) groups is 2. The van der Waals surface area contributed by atoms with Crippen LogP contribution in [0, 0.1) is 5.41 Å². The zero-order chi connectivity index (χ0) is 27.0. The van der Waals surface area contributed by atoms with Gasteiger partial charge in [0.15, 0.2) is 11.5 Å². The molecule has 0 radical (unpaired) electrons. The standard InChI is InChI=1S/C25H30F3N5O4/c1-24(2)12-19-21(20(34)13-24)22(25(26,27)28)32-33(19)15-5-8-17(23(29)35)18(11-15)31-14-3-6-16(7-4-14)37-10-9-30-36/h5,8-9,11,14,16,31,36H,3-4,6-7,10,12-13H2,1-2H3,(H2,29,35)/b30-9+/t14-,16-. The number of benzene rings is 1. The number of carbonyl (C=O) groups excluding carboxylic acids is 2. The predicted molar refractivity (Wildman–Crippen MR) is 129 cm³/mol. The number of ether oxygens (including phenoxy) is 1. The van der Waals surface area contributed by atoms with E-state index in [-0.39, 0.29) is 48.4 Å². The Bertz CT molecular complexity index is 1210. The lowest BCUT2D eigenvalue weighted by Gasteiger charge is -2.30. The van der Waals surface area contributed by atoms with Crippen LogP contribution in [-0.2, 0) is 17.3 Å². The summed E-state index contributed by atoms with van der Waals surface area (Å²) in [7, 11) is 0. The molecule has 37 heavy (non-hydrogen) atoms. The number of aromatic nitrogens is 2. The lowest BCUT2D eigenvalue weighted by molar-refractivity contribution is -0.141. The third kappa shape index (κ3) is 5.79. The van der Waals surface area contributed by atoms with E-state index in [9.17, 15) is 22.8 Å². The van der Waals surface area contributed by atoms with Gasteiger partial charge in [0, 0.05) is 18.2 Å². The summed E-state index contributed by atoms with van der Waals surface area (Å²) < 4.78 is 48.3. The van der Waals surface area contributed by atoms with Crippen molar-refractivity contribution in [3.63, 3.8) is 0 Å². The van der Waals surface area contributed by atoms with Crippen molar-refractivity contribution in [3.8, 4) is 5.69 Å². The Morgan fingerprint density at radius 3 is 2.62 bits per heavy atom. The van der Waals surface area contributed by atoms with Crippen molar-refractivity contribution < 1.29 is 32.7 Å². The molecule has 0 aliphatic heterocycles. The van der Waals surface area contributed by atoms with Gasteiger partial charge in [-0.25, -0.2) is 4.68 Å². The molecule has 0 saturated heterocycles. The first-order valence-corrected chi connectivity index (χ1v) is 12.1. The van der Waals surface area contributed by atoms with Crippen molar-refractivity contribution in [2.45, 2.75) is 70.7 Å². The molecule has 4 rings (SSSR count). The number of alkyl halides is 3. The number of hydrogen-bond donors (Lipinski definition) is 3. The number of oxime groups is 1. The van der Waals surface area contributed by atoms with E-state index in [2.05, 4.69) is 15.6 Å². The normalized spacial score (nSPS) is 21.7. The number of ketones is 1. The van der Waals surface area contributed by atoms with Gasteiger partial charge in [0.25, 0.3) is 5.91 Å². The molecule has 1 saturated carbocycles. The van der Waals surface area contributed by atoms with Crippen LogP contribution in [0.4, 0.5) is 18.9 Å². The fourth-order valence-corrected chi connectivity index (χ4v) is 5.16. The maximum atomic E-state index is 13.8. The maximum absolute atomic E-state index is 13.8. The van der Waals surface area contributed by atoms with E-state index in [1.807, 2.05) is 13.8 Å². The van der Waals surface area contributed by atoms with Crippen LogP contribution >= 0.6 is 0 Å². The summed E-state index contributed by atoms with van der Waals surface area (Å²) in [6, 6.07) is 4.48. The number of nitrogens with one attached hydrogen (secondary N) is 1. The monoisotopic (exact) mass is 521 g/mol. The molecule has 1 heterocycles. The average molecular weight is 522 g/mol. The van der Waals surface area contributed by atoms with Crippen LogP contribution in [0.5, 0.6) is 0 Å². The predicted octanol–water partition coefficient (Wildman–Crippen LogP) is 4.34. The zero-order valence-corrected chi connectivity index (χ0v) is 20.6. The molecule has 0 unspecified atom stereocenters. The topological polar surface area (TPSA) is 132 Å². The van der Waals surface area contributed by atoms with Crippen LogP contribution in [0.15, 0.2) is 23.4 Å². The summed E-state index contributed by atoms with van der Waals surface area (Å²) >= 11 is 0. The molecule has 9 nitrogen and oxygen atoms in total. The Hall–Kier alpha value is -3.41. The number of anilines is 1. The van der Waals surface area contributed by atoms with Gasteiger partial charge in [0.05, 0.1) is 41.4 Å². The third-order valence-electron chi connectivity index (χ3n) is 6.85. The molecule has 12 heteroatoms. The average Bonchev–Trinajstić information content (AvgIpc) is 3.19. The van der Waals surface area contributed by atoms with Crippen LogP contribution in [0.1, 0.15) is 78.1 Å². The molecule has 2 aromatic rings. The lowest BCUT2D eigenvalue weighted by atomic mass is 9.75. The number of fused-ring (bicyclic) bond motifs is 1. The van der Waals surface area contributed by atoms with Gasteiger partial charge in [-0.05, 0) is 55.7 Å². The number of halogens is 3. The molecule has 4 N–H and O–H groups in total. The molecule has 2 aliphatic carbocycles.